The van der Waals surface area contributed by atoms with Crippen molar-refractivity contribution in [1.29, 1.82) is 0 Å². The third kappa shape index (κ3) is 2.46. The molecule has 1 aliphatic heterocycles. The number of ether oxygens (including phenoxy) is 1. The fraction of sp³-hybridized carbons (Fsp3) is 1.00. The van der Waals surface area contributed by atoms with Crippen LogP contribution in [0, 0.1) is 5.92 Å². The van der Waals surface area contributed by atoms with Crippen LogP contribution in [0.3, 0.4) is 0 Å². The van der Waals surface area contributed by atoms with Crippen molar-refractivity contribution >= 4 is 0 Å². The third-order valence-electron chi connectivity index (χ3n) is 2.90. The number of rotatable bonds is 2. The maximum Gasteiger partial charge on any atom is 0.0553 e. The molecule has 0 aromatic rings. The van der Waals surface area contributed by atoms with Gasteiger partial charge in [-0.2, -0.15) is 0 Å². The highest BCUT2D eigenvalue weighted by molar-refractivity contribution is 4.79. The zero-order valence-electron chi connectivity index (χ0n) is 8.63. The van der Waals surface area contributed by atoms with Gasteiger partial charge in [0.15, 0.2) is 0 Å². The number of hydrogen-bond acceptors (Lipinski definition) is 2. The van der Waals surface area contributed by atoms with Gasteiger partial charge in [0.2, 0.25) is 0 Å². The van der Waals surface area contributed by atoms with Crippen molar-refractivity contribution in [2.75, 3.05) is 7.05 Å². The molecular formula is C10H21NO. The lowest BCUT2D eigenvalue weighted by Crippen LogP contribution is -2.39. The summed E-state index contributed by atoms with van der Waals surface area (Å²) in [5.74, 6) is 0.786. The molecule has 72 valence electrons. The predicted octanol–water partition coefficient (Wildman–Crippen LogP) is 1.80. The van der Waals surface area contributed by atoms with Crippen LogP contribution in [-0.2, 0) is 4.74 Å². The van der Waals surface area contributed by atoms with Crippen molar-refractivity contribution in [3.63, 3.8) is 0 Å². The zero-order chi connectivity index (χ0) is 9.14. The second kappa shape index (κ2) is 4.24. The fourth-order valence-corrected chi connectivity index (χ4v) is 2.10. The highest BCUT2D eigenvalue weighted by Crippen LogP contribution is 2.26. The molecular weight excluding hydrogens is 150 g/mol. The molecule has 1 N–H and O–H groups in total. The summed E-state index contributed by atoms with van der Waals surface area (Å²) in [4.78, 5) is 0. The quantitative estimate of drug-likeness (QED) is 0.684. The smallest absolute Gasteiger partial charge is 0.0553 e. The molecule has 1 fully saturated rings. The van der Waals surface area contributed by atoms with E-state index in [0.717, 1.165) is 5.92 Å². The number of hydrogen-bond donors (Lipinski definition) is 1. The first-order valence-corrected chi connectivity index (χ1v) is 4.96. The zero-order valence-corrected chi connectivity index (χ0v) is 8.63. The van der Waals surface area contributed by atoms with Gasteiger partial charge in [0.25, 0.3) is 0 Å². The minimum atomic E-state index is 0.439. The van der Waals surface area contributed by atoms with Crippen LogP contribution in [0.2, 0.25) is 0 Å². The standard InChI is InChI=1S/C10H21NO/c1-7-5-10(9(3)11-4)6-8(2)12-7/h7-11H,5-6H2,1-4H3. The predicted molar refractivity (Wildman–Crippen MR) is 51.3 cm³/mol. The Bertz CT molecular complexity index is 128. The van der Waals surface area contributed by atoms with Crippen molar-refractivity contribution in [3.8, 4) is 0 Å². The van der Waals surface area contributed by atoms with Crippen LogP contribution in [0.15, 0.2) is 0 Å². The summed E-state index contributed by atoms with van der Waals surface area (Å²) in [5.41, 5.74) is 0. The molecule has 12 heavy (non-hydrogen) atoms. The van der Waals surface area contributed by atoms with Crippen LogP contribution in [0.25, 0.3) is 0 Å². The van der Waals surface area contributed by atoms with Crippen molar-refractivity contribution in [1.82, 2.24) is 5.32 Å². The first-order chi connectivity index (χ1) is 5.63. The van der Waals surface area contributed by atoms with Gasteiger partial charge in [-0.15, -0.1) is 0 Å². The van der Waals surface area contributed by atoms with Crippen LogP contribution in [-0.4, -0.2) is 25.3 Å². The Morgan fingerprint density at radius 2 is 1.75 bits per heavy atom. The summed E-state index contributed by atoms with van der Waals surface area (Å²) in [6.45, 7) is 6.60. The molecule has 1 aliphatic rings. The van der Waals surface area contributed by atoms with Gasteiger partial charge in [-0.25, -0.2) is 0 Å². The van der Waals surface area contributed by atoms with Gasteiger partial charge in [-0.1, -0.05) is 0 Å². The molecule has 1 saturated heterocycles. The van der Waals surface area contributed by atoms with E-state index in [-0.39, 0.29) is 0 Å². The Balaban J connectivity index is 2.43. The van der Waals surface area contributed by atoms with Crippen molar-refractivity contribution < 1.29 is 4.74 Å². The van der Waals surface area contributed by atoms with Crippen molar-refractivity contribution in [3.05, 3.63) is 0 Å². The normalized spacial score (nSPS) is 39.5. The summed E-state index contributed by atoms with van der Waals surface area (Å²) >= 11 is 0. The molecule has 0 bridgehead atoms. The van der Waals surface area contributed by atoms with E-state index in [1.54, 1.807) is 0 Å². The number of nitrogens with one attached hydrogen (secondary N) is 1. The largest absolute Gasteiger partial charge is 0.376 e. The fourth-order valence-electron chi connectivity index (χ4n) is 2.10. The Kier molecular flexibility index (Phi) is 3.53. The maximum absolute atomic E-state index is 5.68. The minimum Gasteiger partial charge on any atom is -0.376 e. The molecule has 2 heteroatoms. The summed E-state index contributed by atoms with van der Waals surface area (Å²) in [7, 11) is 2.04. The summed E-state index contributed by atoms with van der Waals surface area (Å²) < 4.78 is 5.68. The molecule has 0 amide bonds. The van der Waals surface area contributed by atoms with Crippen molar-refractivity contribution in [2.24, 2.45) is 5.92 Å². The Hall–Kier alpha value is -0.0800. The van der Waals surface area contributed by atoms with E-state index in [9.17, 15) is 0 Å². The highest BCUT2D eigenvalue weighted by atomic mass is 16.5. The average Bonchev–Trinajstić information content (AvgIpc) is 2.01. The summed E-state index contributed by atoms with van der Waals surface area (Å²) in [6.07, 6.45) is 3.28. The summed E-state index contributed by atoms with van der Waals surface area (Å²) in [6, 6.07) is 0.624. The van der Waals surface area contributed by atoms with E-state index in [1.165, 1.54) is 12.8 Å². The van der Waals surface area contributed by atoms with Gasteiger partial charge in [0.1, 0.15) is 0 Å². The maximum atomic E-state index is 5.68. The lowest BCUT2D eigenvalue weighted by atomic mass is 9.87. The lowest BCUT2D eigenvalue weighted by Gasteiger charge is -2.35. The molecule has 0 aromatic heterocycles. The molecule has 3 unspecified atom stereocenters. The van der Waals surface area contributed by atoms with E-state index >= 15 is 0 Å². The molecule has 0 aromatic carbocycles. The van der Waals surface area contributed by atoms with Gasteiger partial charge in [0.05, 0.1) is 12.2 Å². The Morgan fingerprint density at radius 1 is 1.25 bits per heavy atom. The topological polar surface area (TPSA) is 21.3 Å². The molecule has 1 heterocycles. The summed E-state index contributed by atoms with van der Waals surface area (Å²) in [5, 5.41) is 3.32. The van der Waals surface area contributed by atoms with E-state index < -0.39 is 0 Å². The monoisotopic (exact) mass is 171 g/mol. The van der Waals surface area contributed by atoms with Crippen LogP contribution >= 0.6 is 0 Å². The Morgan fingerprint density at radius 3 is 2.17 bits per heavy atom. The second-order valence-electron chi connectivity index (χ2n) is 4.07. The van der Waals surface area contributed by atoms with E-state index in [0.29, 0.717) is 18.2 Å². The average molecular weight is 171 g/mol. The van der Waals surface area contributed by atoms with Gasteiger partial charge in [-0.3, -0.25) is 0 Å². The first-order valence-electron chi connectivity index (χ1n) is 4.96. The second-order valence-corrected chi connectivity index (χ2v) is 4.07. The van der Waals surface area contributed by atoms with Gasteiger partial charge >= 0.3 is 0 Å². The van der Waals surface area contributed by atoms with E-state index in [4.69, 9.17) is 4.74 Å². The molecule has 1 rings (SSSR count). The van der Waals surface area contributed by atoms with Gasteiger partial charge < -0.3 is 10.1 Å². The van der Waals surface area contributed by atoms with E-state index in [2.05, 4.69) is 26.1 Å². The molecule has 0 radical (unpaired) electrons. The SMILES string of the molecule is CNC(C)C1CC(C)OC(C)C1. The van der Waals surface area contributed by atoms with Crippen LogP contribution in [0.5, 0.6) is 0 Å². The van der Waals surface area contributed by atoms with Crippen LogP contribution < -0.4 is 5.32 Å². The molecule has 3 atom stereocenters. The molecule has 0 aliphatic carbocycles. The molecule has 0 spiro atoms. The molecule has 0 saturated carbocycles. The Labute approximate surface area is 75.7 Å². The first kappa shape index (κ1) is 10.0. The minimum absolute atomic E-state index is 0.439. The van der Waals surface area contributed by atoms with Crippen molar-refractivity contribution in [2.45, 2.75) is 51.9 Å². The highest BCUT2D eigenvalue weighted by Gasteiger charge is 2.27. The van der Waals surface area contributed by atoms with Gasteiger partial charge in [0, 0.05) is 6.04 Å². The van der Waals surface area contributed by atoms with Gasteiger partial charge in [-0.05, 0) is 46.6 Å². The van der Waals surface area contributed by atoms with E-state index in [1.807, 2.05) is 7.05 Å². The molecule has 2 nitrogen and oxygen atoms in total. The van der Waals surface area contributed by atoms with Crippen LogP contribution in [0.1, 0.15) is 33.6 Å². The third-order valence-corrected chi connectivity index (χ3v) is 2.90. The van der Waals surface area contributed by atoms with Crippen LogP contribution in [0.4, 0.5) is 0 Å². The lowest BCUT2D eigenvalue weighted by molar-refractivity contribution is -0.0572.